The van der Waals surface area contributed by atoms with Gasteiger partial charge in [0.05, 0.1) is 15.9 Å². The smallest absolute Gasteiger partial charge is 0.272 e. The van der Waals surface area contributed by atoms with E-state index in [-0.39, 0.29) is 17.1 Å². The van der Waals surface area contributed by atoms with Gasteiger partial charge in [-0.1, -0.05) is 26.7 Å². The van der Waals surface area contributed by atoms with E-state index in [1.54, 1.807) is 0 Å². The summed E-state index contributed by atoms with van der Waals surface area (Å²) in [4.78, 5) is 20.4. The van der Waals surface area contributed by atoms with Crippen LogP contribution >= 0.6 is 0 Å². The van der Waals surface area contributed by atoms with Crippen molar-refractivity contribution in [1.29, 1.82) is 0 Å². The third-order valence-electron chi connectivity index (χ3n) is 3.69. The molecule has 0 saturated heterocycles. The molecule has 8 heteroatoms. The number of nitro benzene ring substituents is 2. The number of nitrogens with one attached hydrogen (secondary N) is 1. The Balaban J connectivity index is 2.74. The topological polar surface area (TPSA) is 111 Å². The fourth-order valence-electron chi connectivity index (χ4n) is 2.00. The van der Waals surface area contributed by atoms with Crippen molar-refractivity contribution < 1.29 is 9.85 Å². The molecule has 0 aliphatic heterocycles. The molecule has 0 aliphatic carbocycles. The van der Waals surface area contributed by atoms with Gasteiger partial charge in [0.1, 0.15) is 5.69 Å². The molecule has 8 nitrogen and oxygen atoms in total. The summed E-state index contributed by atoms with van der Waals surface area (Å²) in [6.07, 6.45) is 4.07. The molecule has 23 heavy (non-hydrogen) atoms. The minimum Gasteiger partial charge on any atom is -0.272 e. The third-order valence-corrected chi connectivity index (χ3v) is 3.69. The van der Waals surface area contributed by atoms with Crippen LogP contribution in [0.5, 0.6) is 0 Å². The lowest BCUT2D eigenvalue weighted by Gasteiger charge is -2.08. The predicted molar refractivity (Wildman–Crippen MR) is 89.8 cm³/mol. The average molecular weight is 322 g/mol. The van der Waals surface area contributed by atoms with Gasteiger partial charge in [0.2, 0.25) is 0 Å². The largest absolute Gasteiger partial charge is 0.301 e. The molecule has 0 heterocycles. The molecular weight excluding hydrogens is 300 g/mol. The number of nitro groups is 2. The van der Waals surface area contributed by atoms with Gasteiger partial charge in [0.15, 0.2) is 0 Å². The zero-order valence-corrected chi connectivity index (χ0v) is 13.6. The molecule has 0 unspecified atom stereocenters. The van der Waals surface area contributed by atoms with Gasteiger partial charge in [-0.15, -0.1) is 0 Å². The lowest BCUT2D eigenvalue weighted by atomic mass is 10.0. The number of nitrogens with zero attached hydrogens (tertiary/aromatic N) is 3. The van der Waals surface area contributed by atoms with Gasteiger partial charge < -0.3 is 0 Å². The van der Waals surface area contributed by atoms with Crippen LogP contribution < -0.4 is 5.43 Å². The highest BCUT2D eigenvalue weighted by molar-refractivity contribution is 5.83. The van der Waals surface area contributed by atoms with Gasteiger partial charge in [-0.05, 0) is 31.7 Å². The van der Waals surface area contributed by atoms with E-state index in [9.17, 15) is 20.2 Å². The second-order valence-electron chi connectivity index (χ2n) is 5.58. The van der Waals surface area contributed by atoms with Crippen LogP contribution in [0.25, 0.3) is 0 Å². The summed E-state index contributed by atoms with van der Waals surface area (Å²) in [5.41, 5.74) is 2.92. The Morgan fingerprint density at radius 3 is 2.57 bits per heavy atom. The molecule has 0 aromatic heterocycles. The average Bonchev–Trinajstić information content (AvgIpc) is 2.52. The van der Waals surface area contributed by atoms with E-state index in [0.29, 0.717) is 5.92 Å². The first-order chi connectivity index (χ1) is 10.8. The standard InChI is InChI=1S/C15H22N4O4/c1-4-11(2)6-5-7-12(3)16-17-14-9-8-13(18(20)21)10-15(14)19(22)23/h8-11,17H,4-7H2,1-3H3/b16-12+/t11-/m0/s1. The summed E-state index contributed by atoms with van der Waals surface area (Å²) in [7, 11) is 0. The molecule has 0 saturated carbocycles. The van der Waals surface area contributed by atoms with Gasteiger partial charge in [0.25, 0.3) is 5.69 Å². The van der Waals surface area contributed by atoms with Crippen LogP contribution in [-0.2, 0) is 0 Å². The maximum absolute atomic E-state index is 11.0. The van der Waals surface area contributed by atoms with Gasteiger partial charge in [-0.3, -0.25) is 25.7 Å². The number of benzene rings is 1. The highest BCUT2D eigenvalue weighted by atomic mass is 16.6. The maximum Gasteiger partial charge on any atom is 0.301 e. The first kappa shape index (κ1) is 18.5. The van der Waals surface area contributed by atoms with Crippen LogP contribution in [-0.4, -0.2) is 15.6 Å². The molecule has 0 amide bonds. The highest BCUT2D eigenvalue weighted by Crippen LogP contribution is 2.28. The molecular formula is C15H22N4O4. The Hall–Kier alpha value is -2.51. The lowest BCUT2D eigenvalue weighted by molar-refractivity contribution is -0.393. The van der Waals surface area contributed by atoms with E-state index >= 15 is 0 Å². The van der Waals surface area contributed by atoms with Crippen molar-refractivity contribution in [2.24, 2.45) is 11.0 Å². The second kappa shape index (κ2) is 8.82. The number of rotatable bonds is 9. The molecule has 0 aliphatic rings. The molecule has 1 aromatic rings. The highest BCUT2D eigenvalue weighted by Gasteiger charge is 2.19. The van der Waals surface area contributed by atoms with Crippen molar-refractivity contribution in [2.45, 2.75) is 46.5 Å². The number of hydrazone groups is 1. The number of anilines is 1. The molecule has 0 radical (unpaired) electrons. The van der Waals surface area contributed by atoms with Crippen LogP contribution in [0.1, 0.15) is 46.5 Å². The van der Waals surface area contributed by atoms with Crippen molar-refractivity contribution in [3.8, 4) is 0 Å². The first-order valence-corrected chi connectivity index (χ1v) is 7.57. The van der Waals surface area contributed by atoms with Gasteiger partial charge >= 0.3 is 5.69 Å². The molecule has 1 atom stereocenters. The Kier molecular flexibility index (Phi) is 7.11. The molecule has 1 rings (SSSR count). The molecule has 0 spiro atoms. The second-order valence-corrected chi connectivity index (χ2v) is 5.58. The molecule has 126 valence electrons. The summed E-state index contributed by atoms with van der Waals surface area (Å²) in [5.74, 6) is 0.673. The van der Waals surface area contributed by atoms with Crippen LogP contribution in [0.4, 0.5) is 17.1 Å². The number of hydrogen-bond donors (Lipinski definition) is 1. The molecule has 1 N–H and O–H groups in total. The Bertz CT molecular complexity index is 601. The maximum atomic E-state index is 11.0. The normalized spacial score (nSPS) is 12.7. The van der Waals surface area contributed by atoms with E-state index in [0.717, 1.165) is 37.5 Å². The Labute approximate surface area is 134 Å². The van der Waals surface area contributed by atoms with Crippen LogP contribution in [0.3, 0.4) is 0 Å². The first-order valence-electron chi connectivity index (χ1n) is 7.57. The Morgan fingerprint density at radius 1 is 1.30 bits per heavy atom. The van der Waals surface area contributed by atoms with E-state index in [2.05, 4.69) is 24.4 Å². The van der Waals surface area contributed by atoms with Gasteiger partial charge in [-0.2, -0.15) is 5.10 Å². The molecule has 1 aromatic carbocycles. The van der Waals surface area contributed by atoms with Crippen molar-refractivity contribution in [2.75, 3.05) is 5.43 Å². The summed E-state index contributed by atoms with van der Waals surface area (Å²) in [5, 5.41) is 25.8. The predicted octanol–water partition coefficient (Wildman–Crippen LogP) is 4.51. The minimum atomic E-state index is -0.666. The van der Waals surface area contributed by atoms with Crippen molar-refractivity contribution in [3.05, 3.63) is 38.4 Å². The fourth-order valence-corrected chi connectivity index (χ4v) is 2.00. The molecule has 0 bridgehead atoms. The summed E-state index contributed by atoms with van der Waals surface area (Å²) >= 11 is 0. The van der Waals surface area contributed by atoms with Gasteiger partial charge in [-0.25, -0.2) is 0 Å². The third kappa shape index (κ3) is 6.01. The minimum absolute atomic E-state index is 0.141. The van der Waals surface area contributed by atoms with E-state index in [1.165, 1.54) is 12.1 Å². The summed E-state index contributed by atoms with van der Waals surface area (Å²) < 4.78 is 0. The van der Waals surface area contributed by atoms with Crippen LogP contribution in [0, 0.1) is 26.1 Å². The van der Waals surface area contributed by atoms with E-state index < -0.39 is 9.85 Å². The lowest BCUT2D eigenvalue weighted by Crippen LogP contribution is -2.02. The quantitative estimate of drug-likeness (QED) is 0.408. The summed E-state index contributed by atoms with van der Waals surface area (Å²) in [6.45, 7) is 6.20. The number of hydrogen-bond acceptors (Lipinski definition) is 6. The van der Waals surface area contributed by atoms with E-state index in [1.807, 2.05) is 6.92 Å². The zero-order valence-electron chi connectivity index (χ0n) is 13.6. The van der Waals surface area contributed by atoms with Crippen LogP contribution in [0.2, 0.25) is 0 Å². The van der Waals surface area contributed by atoms with Crippen molar-refractivity contribution >= 4 is 22.8 Å². The zero-order chi connectivity index (χ0) is 17.4. The number of non-ortho nitro benzene ring substituents is 1. The van der Waals surface area contributed by atoms with E-state index in [4.69, 9.17) is 0 Å². The van der Waals surface area contributed by atoms with Crippen molar-refractivity contribution in [3.63, 3.8) is 0 Å². The van der Waals surface area contributed by atoms with Crippen molar-refractivity contribution in [1.82, 2.24) is 0 Å². The molecule has 0 fully saturated rings. The Morgan fingerprint density at radius 2 is 2.00 bits per heavy atom. The fraction of sp³-hybridized carbons (Fsp3) is 0.533. The van der Waals surface area contributed by atoms with Gasteiger partial charge in [0, 0.05) is 11.8 Å². The SMILES string of the molecule is CC[C@H](C)CCC/C(C)=N/Nc1ccc([N+](=O)[O-])cc1[N+](=O)[O-]. The summed E-state index contributed by atoms with van der Waals surface area (Å²) in [6, 6.07) is 3.44. The van der Waals surface area contributed by atoms with Crippen LogP contribution in [0.15, 0.2) is 23.3 Å². The monoisotopic (exact) mass is 322 g/mol.